The minimum atomic E-state index is -0.696. The summed E-state index contributed by atoms with van der Waals surface area (Å²) in [6.45, 7) is 0. The molecule has 2 aliphatic rings. The molecule has 0 amide bonds. The van der Waals surface area contributed by atoms with Crippen molar-refractivity contribution in [3.05, 3.63) is 338 Å². The smallest absolute Gasteiger partial charge is 0.0725 e. The number of benzene rings is 14. The van der Waals surface area contributed by atoms with Gasteiger partial charge in [0.25, 0.3) is 0 Å². The lowest BCUT2D eigenvalue weighted by molar-refractivity contribution is 0.794. The number of hydrogen-bond acceptors (Lipinski definition) is 0. The summed E-state index contributed by atoms with van der Waals surface area (Å²) in [6, 6.07) is 118. The van der Waals surface area contributed by atoms with Crippen molar-refractivity contribution < 1.29 is 0 Å². The molecule has 89 heavy (non-hydrogen) atoms. The van der Waals surface area contributed by atoms with E-state index in [4.69, 9.17) is 0 Å². The fourth-order valence-corrected chi connectivity index (χ4v) is 16.6. The summed E-state index contributed by atoms with van der Waals surface area (Å²) in [5, 5.41) is 9.77. The molecule has 0 bridgehead atoms. The van der Waals surface area contributed by atoms with E-state index in [0.717, 1.165) is 22.7 Å². The number of hydrogen-bond donors (Lipinski definition) is 0. The molecule has 0 saturated heterocycles. The van der Waals surface area contributed by atoms with Crippen LogP contribution in [0, 0.1) is 0 Å². The molecule has 0 N–H and O–H groups in total. The summed E-state index contributed by atoms with van der Waals surface area (Å²) in [7, 11) is 0. The van der Waals surface area contributed by atoms with Crippen molar-refractivity contribution in [1.82, 2.24) is 18.3 Å². The standard InChI is InChI=1S/C85H52N4/c1-5-25-55(26-6-1)86-75-43-23-17-37-65(75)81-77(86)51-67-63-35-15-21-41-73(63)88(57-29-9-3-10-30-57)83(67)79(81)53-45-47-61-59-33-13-19-39-69(59)85(71(61)49-53)70-40-20-14-34-60(70)62-48-46-54(50-72(62)85)80-82-66-38-18-24-44-76(66)87(56-27-7-2-8-28-56)78(82)52-68-64-36-16-22-42-74(64)89(84(68)80)58-31-11-4-12-32-58/h1-52H. The van der Waals surface area contributed by atoms with Crippen molar-refractivity contribution in [3.8, 4) is 67.3 Å². The second kappa shape index (κ2) is 18.2. The van der Waals surface area contributed by atoms with Gasteiger partial charge < -0.3 is 18.3 Å². The Hall–Kier alpha value is -11.7. The molecule has 2 aliphatic carbocycles. The number of nitrogens with zero attached hydrogens (tertiary/aromatic N) is 4. The van der Waals surface area contributed by atoms with E-state index in [-0.39, 0.29) is 0 Å². The van der Waals surface area contributed by atoms with Gasteiger partial charge in [0.05, 0.1) is 49.5 Å². The highest BCUT2D eigenvalue weighted by Gasteiger charge is 2.52. The predicted octanol–water partition coefficient (Wildman–Crippen LogP) is 21.8. The van der Waals surface area contributed by atoms with Gasteiger partial charge in [-0.05, 0) is 153 Å². The Balaban J connectivity index is 0.935. The van der Waals surface area contributed by atoms with Crippen molar-refractivity contribution in [2.45, 2.75) is 5.41 Å². The molecule has 14 aromatic carbocycles. The van der Waals surface area contributed by atoms with Crippen LogP contribution in [0.1, 0.15) is 22.3 Å². The van der Waals surface area contributed by atoms with E-state index >= 15 is 0 Å². The molecule has 412 valence electrons. The normalized spacial score (nSPS) is 13.0. The molecule has 18 aromatic rings. The monoisotopic (exact) mass is 1130 g/mol. The van der Waals surface area contributed by atoms with Crippen LogP contribution in [-0.2, 0) is 5.41 Å². The second-order valence-corrected chi connectivity index (χ2v) is 24.2. The van der Waals surface area contributed by atoms with Crippen LogP contribution >= 0.6 is 0 Å². The van der Waals surface area contributed by atoms with Crippen LogP contribution in [0.2, 0.25) is 0 Å². The number of fused-ring (bicyclic) bond motifs is 22. The molecular formula is C85H52N4. The van der Waals surface area contributed by atoms with Crippen molar-refractivity contribution in [2.75, 3.05) is 0 Å². The fourth-order valence-electron chi connectivity index (χ4n) is 16.6. The fraction of sp³-hybridized carbons (Fsp3) is 0.0118. The van der Waals surface area contributed by atoms with Crippen LogP contribution < -0.4 is 0 Å². The zero-order valence-corrected chi connectivity index (χ0v) is 48.3. The summed E-state index contributed by atoms with van der Waals surface area (Å²) in [6.07, 6.45) is 0. The van der Waals surface area contributed by atoms with Gasteiger partial charge in [-0.1, -0.05) is 218 Å². The first-order valence-electron chi connectivity index (χ1n) is 30.9. The maximum absolute atomic E-state index is 2.61. The summed E-state index contributed by atoms with van der Waals surface area (Å²) < 4.78 is 10.0. The van der Waals surface area contributed by atoms with Gasteiger partial charge in [-0.15, -0.1) is 0 Å². The lowest BCUT2D eigenvalue weighted by Gasteiger charge is -2.31. The van der Waals surface area contributed by atoms with E-state index in [9.17, 15) is 0 Å². The molecule has 1 spiro atoms. The highest BCUT2D eigenvalue weighted by molar-refractivity contribution is 6.29. The predicted molar refractivity (Wildman–Crippen MR) is 371 cm³/mol. The van der Waals surface area contributed by atoms with E-state index in [2.05, 4.69) is 334 Å². The van der Waals surface area contributed by atoms with Crippen LogP contribution in [0.5, 0.6) is 0 Å². The average Bonchev–Trinajstić information content (AvgIpc) is 1.52. The third kappa shape index (κ3) is 6.41. The first kappa shape index (κ1) is 48.5. The van der Waals surface area contributed by atoms with Gasteiger partial charge in [-0.2, -0.15) is 0 Å². The van der Waals surface area contributed by atoms with Gasteiger partial charge in [0, 0.05) is 77.0 Å². The zero-order chi connectivity index (χ0) is 58.1. The average molecular weight is 1130 g/mol. The second-order valence-electron chi connectivity index (χ2n) is 24.2. The topological polar surface area (TPSA) is 19.7 Å². The molecule has 20 rings (SSSR count). The quantitative estimate of drug-likeness (QED) is 0.158. The maximum atomic E-state index is 2.61. The highest BCUT2D eigenvalue weighted by atomic mass is 15.0. The van der Waals surface area contributed by atoms with E-state index < -0.39 is 5.41 Å². The van der Waals surface area contributed by atoms with Gasteiger partial charge in [0.1, 0.15) is 0 Å². The van der Waals surface area contributed by atoms with Crippen LogP contribution in [0.15, 0.2) is 315 Å². The summed E-state index contributed by atoms with van der Waals surface area (Å²) in [5.74, 6) is 0. The Kier molecular flexibility index (Phi) is 9.90. The molecule has 0 aliphatic heterocycles. The van der Waals surface area contributed by atoms with Crippen molar-refractivity contribution in [2.24, 2.45) is 0 Å². The van der Waals surface area contributed by atoms with Gasteiger partial charge in [0.15, 0.2) is 0 Å². The lowest BCUT2D eigenvalue weighted by Crippen LogP contribution is -2.26. The molecule has 4 heterocycles. The Bertz CT molecular complexity index is 5630. The van der Waals surface area contributed by atoms with Gasteiger partial charge in [0.2, 0.25) is 0 Å². The van der Waals surface area contributed by atoms with E-state index in [1.165, 1.54) is 154 Å². The highest BCUT2D eigenvalue weighted by Crippen LogP contribution is 2.64. The minimum Gasteiger partial charge on any atom is -0.309 e. The van der Waals surface area contributed by atoms with Crippen LogP contribution in [-0.4, -0.2) is 18.3 Å². The molecule has 0 fully saturated rings. The Labute approximate surface area is 512 Å². The van der Waals surface area contributed by atoms with Crippen LogP contribution in [0.25, 0.3) is 154 Å². The molecule has 4 heteroatoms. The van der Waals surface area contributed by atoms with Gasteiger partial charge in [-0.25, -0.2) is 0 Å². The van der Waals surface area contributed by atoms with Crippen LogP contribution in [0.4, 0.5) is 0 Å². The first-order valence-corrected chi connectivity index (χ1v) is 30.9. The third-order valence-corrected chi connectivity index (χ3v) is 19.9. The molecule has 0 saturated carbocycles. The summed E-state index contributed by atoms with van der Waals surface area (Å²) in [4.78, 5) is 0. The lowest BCUT2D eigenvalue weighted by atomic mass is 9.70. The van der Waals surface area contributed by atoms with E-state index in [0.29, 0.717) is 0 Å². The SMILES string of the molecule is c1ccc(-n2c3ccccc3c3c(-c4ccc5c(c4)C4(c6ccccc6-5)c5ccccc5-c5ccc(-c6c7c8ccccc8n(-c8ccccc8)c7cc7c8ccccc8n(-c8ccccc8)c67)cc54)c4c(cc32)c2ccccc2n4-c2ccccc2)cc1. The van der Waals surface area contributed by atoms with E-state index in [1.54, 1.807) is 0 Å². The molecule has 4 nitrogen and oxygen atoms in total. The zero-order valence-electron chi connectivity index (χ0n) is 48.3. The largest absolute Gasteiger partial charge is 0.309 e. The van der Waals surface area contributed by atoms with Gasteiger partial charge >= 0.3 is 0 Å². The first-order chi connectivity index (χ1) is 44.2. The van der Waals surface area contributed by atoms with Crippen molar-refractivity contribution >= 4 is 87.2 Å². The van der Waals surface area contributed by atoms with Crippen molar-refractivity contribution in [1.29, 1.82) is 0 Å². The Morgan fingerprint density at radius 2 is 0.506 bits per heavy atom. The minimum absolute atomic E-state index is 0.696. The third-order valence-electron chi connectivity index (χ3n) is 19.9. The summed E-state index contributed by atoms with van der Waals surface area (Å²) >= 11 is 0. The number of aromatic nitrogens is 4. The van der Waals surface area contributed by atoms with Crippen molar-refractivity contribution in [3.63, 3.8) is 0 Å². The van der Waals surface area contributed by atoms with Gasteiger partial charge in [-0.3, -0.25) is 0 Å². The summed E-state index contributed by atoms with van der Waals surface area (Å²) in [5.41, 5.74) is 28.3. The molecule has 0 unspecified atom stereocenters. The number of para-hydroxylation sites is 8. The van der Waals surface area contributed by atoms with E-state index in [1.807, 2.05) is 0 Å². The molecule has 0 atom stereocenters. The molecule has 4 aromatic heterocycles. The number of rotatable bonds is 6. The Morgan fingerprint density at radius 3 is 0.899 bits per heavy atom. The van der Waals surface area contributed by atoms with Crippen LogP contribution in [0.3, 0.4) is 0 Å². The maximum Gasteiger partial charge on any atom is 0.0725 e. The molecular weight excluding hydrogens is 1080 g/mol. The molecule has 0 radical (unpaired) electrons. The Morgan fingerprint density at radius 1 is 0.202 bits per heavy atom.